The molecule has 0 saturated carbocycles. The first kappa shape index (κ1) is 10.6. The van der Waals surface area contributed by atoms with E-state index in [4.69, 9.17) is 16.7 Å². The molecular weight excluding hydrogens is 204 g/mol. The predicted octanol–water partition coefficient (Wildman–Crippen LogP) is 2.23. The molecule has 4 heteroatoms. The highest BCUT2D eigenvalue weighted by atomic mass is 35.5. The maximum atomic E-state index is 10.8. The first-order chi connectivity index (χ1) is 6.63. The average Bonchev–Trinajstić information content (AvgIpc) is 2.16. The fourth-order valence-electron chi connectivity index (χ4n) is 0.877. The average molecular weight is 213 g/mol. The Hall–Kier alpha value is -1.48. The summed E-state index contributed by atoms with van der Waals surface area (Å²) < 4.78 is 4.42. The number of esters is 1. The number of methoxy groups -OCH3 is 1. The van der Waals surface area contributed by atoms with Crippen molar-refractivity contribution in [2.24, 2.45) is 0 Å². The lowest BCUT2D eigenvalue weighted by Crippen LogP contribution is -1.93. The molecular formula is C10H9ClO3. The molecule has 1 aromatic rings. The molecule has 1 N–H and O–H groups in total. The lowest BCUT2D eigenvalue weighted by Gasteiger charge is -1.98. The Morgan fingerprint density at radius 2 is 2.29 bits per heavy atom. The number of carbonyl (C=O) groups excluding carboxylic acids is 1. The van der Waals surface area contributed by atoms with Crippen molar-refractivity contribution in [3.8, 4) is 5.75 Å². The third-order valence-corrected chi connectivity index (χ3v) is 1.91. The van der Waals surface area contributed by atoms with Crippen LogP contribution >= 0.6 is 11.6 Å². The lowest BCUT2D eigenvalue weighted by molar-refractivity contribution is -0.134. The molecule has 0 heterocycles. The van der Waals surface area contributed by atoms with Crippen molar-refractivity contribution in [2.45, 2.75) is 0 Å². The monoisotopic (exact) mass is 212 g/mol. The van der Waals surface area contributed by atoms with Gasteiger partial charge in [-0.1, -0.05) is 11.6 Å². The highest BCUT2D eigenvalue weighted by Gasteiger charge is 1.98. The largest absolute Gasteiger partial charge is 0.508 e. The molecule has 0 amide bonds. The van der Waals surface area contributed by atoms with Gasteiger partial charge in [0.05, 0.1) is 12.1 Å². The number of benzene rings is 1. The van der Waals surface area contributed by atoms with Crippen molar-refractivity contribution in [1.29, 1.82) is 0 Å². The summed E-state index contributed by atoms with van der Waals surface area (Å²) in [4.78, 5) is 10.8. The van der Waals surface area contributed by atoms with Gasteiger partial charge in [-0.3, -0.25) is 0 Å². The molecule has 0 aliphatic carbocycles. The van der Waals surface area contributed by atoms with Crippen molar-refractivity contribution < 1.29 is 14.6 Å². The van der Waals surface area contributed by atoms with Crippen LogP contribution in [0.4, 0.5) is 0 Å². The minimum atomic E-state index is -0.450. The second-order valence-corrected chi connectivity index (χ2v) is 2.97. The quantitative estimate of drug-likeness (QED) is 0.604. The van der Waals surface area contributed by atoms with E-state index in [0.717, 1.165) is 0 Å². The van der Waals surface area contributed by atoms with Gasteiger partial charge in [-0.05, 0) is 29.8 Å². The molecule has 0 bridgehead atoms. The highest BCUT2D eigenvalue weighted by Crippen LogP contribution is 2.22. The van der Waals surface area contributed by atoms with Crippen LogP contribution in [-0.2, 0) is 9.53 Å². The van der Waals surface area contributed by atoms with Crippen LogP contribution in [0.3, 0.4) is 0 Å². The number of phenolic OH excluding ortho intramolecular Hbond substituents is 1. The summed E-state index contributed by atoms with van der Waals surface area (Å²) >= 11 is 5.79. The molecule has 0 spiro atoms. The first-order valence-electron chi connectivity index (χ1n) is 3.88. The van der Waals surface area contributed by atoms with Crippen LogP contribution in [0.2, 0.25) is 5.02 Å². The van der Waals surface area contributed by atoms with Crippen LogP contribution in [-0.4, -0.2) is 18.2 Å². The van der Waals surface area contributed by atoms with Crippen LogP contribution in [0.1, 0.15) is 5.56 Å². The van der Waals surface area contributed by atoms with Crippen molar-refractivity contribution in [1.82, 2.24) is 0 Å². The predicted molar refractivity (Wildman–Crippen MR) is 54.2 cm³/mol. The minimum absolute atomic E-state index is 0.0882. The molecule has 14 heavy (non-hydrogen) atoms. The van der Waals surface area contributed by atoms with Crippen molar-refractivity contribution in [3.05, 3.63) is 34.9 Å². The molecule has 3 nitrogen and oxygen atoms in total. The van der Waals surface area contributed by atoms with Gasteiger partial charge in [-0.25, -0.2) is 4.79 Å². The number of rotatable bonds is 2. The molecule has 1 aromatic carbocycles. The fraction of sp³-hybridized carbons (Fsp3) is 0.100. The summed E-state index contributed by atoms with van der Waals surface area (Å²) in [7, 11) is 1.30. The van der Waals surface area contributed by atoms with Gasteiger partial charge in [0, 0.05) is 6.08 Å². The summed E-state index contributed by atoms with van der Waals surface area (Å²) in [5.74, 6) is -0.362. The Labute approximate surface area is 86.6 Å². The molecule has 0 aliphatic heterocycles. The Morgan fingerprint density at radius 1 is 1.57 bits per heavy atom. The Morgan fingerprint density at radius 3 is 2.86 bits per heavy atom. The van der Waals surface area contributed by atoms with Crippen molar-refractivity contribution in [3.63, 3.8) is 0 Å². The minimum Gasteiger partial charge on any atom is -0.508 e. The molecule has 0 aromatic heterocycles. The van der Waals surface area contributed by atoms with Crippen LogP contribution in [0, 0.1) is 0 Å². The Bertz CT molecular complexity index is 372. The normalized spacial score (nSPS) is 10.4. The second kappa shape index (κ2) is 4.67. The molecule has 0 radical (unpaired) electrons. The second-order valence-electron chi connectivity index (χ2n) is 2.56. The van der Waals surface area contributed by atoms with E-state index >= 15 is 0 Å². The zero-order chi connectivity index (χ0) is 10.6. The van der Waals surface area contributed by atoms with Crippen LogP contribution in [0.15, 0.2) is 24.3 Å². The van der Waals surface area contributed by atoms with Crippen LogP contribution in [0.25, 0.3) is 6.08 Å². The zero-order valence-corrected chi connectivity index (χ0v) is 8.28. The number of hydrogen-bond donors (Lipinski definition) is 1. The van der Waals surface area contributed by atoms with E-state index in [1.807, 2.05) is 0 Å². The summed E-state index contributed by atoms with van der Waals surface area (Å²) in [6.45, 7) is 0. The highest BCUT2D eigenvalue weighted by molar-refractivity contribution is 6.32. The first-order valence-corrected chi connectivity index (χ1v) is 4.26. The van der Waals surface area contributed by atoms with Gasteiger partial charge in [0.15, 0.2) is 0 Å². The molecule has 0 atom stereocenters. The Kier molecular flexibility index (Phi) is 3.54. The van der Waals surface area contributed by atoms with E-state index in [-0.39, 0.29) is 5.75 Å². The molecule has 0 saturated heterocycles. The van der Waals surface area contributed by atoms with E-state index in [9.17, 15) is 4.79 Å². The number of phenols is 1. The van der Waals surface area contributed by atoms with E-state index in [1.165, 1.54) is 31.4 Å². The van der Waals surface area contributed by atoms with Gasteiger partial charge in [0.25, 0.3) is 0 Å². The van der Waals surface area contributed by atoms with Crippen molar-refractivity contribution >= 4 is 23.6 Å². The van der Waals surface area contributed by atoms with Gasteiger partial charge >= 0.3 is 5.97 Å². The third kappa shape index (κ3) is 2.78. The molecule has 0 unspecified atom stereocenters. The van der Waals surface area contributed by atoms with E-state index < -0.39 is 5.97 Å². The summed E-state index contributed by atoms with van der Waals surface area (Å²) in [6, 6.07) is 4.50. The van der Waals surface area contributed by atoms with Gasteiger partial charge in [-0.2, -0.15) is 0 Å². The van der Waals surface area contributed by atoms with Crippen molar-refractivity contribution in [2.75, 3.05) is 7.11 Å². The molecule has 0 fully saturated rings. The number of carbonyl (C=O) groups is 1. The SMILES string of the molecule is COC(=O)C=Cc1ccc(O)cc1Cl. The van der Waals surface area contributed by atoms with E-state index in [1.54, 1.807) is 6.07 Å². The lowest BCUT2D eigenvalue weighted by atomic mass is 10.2. The maximum absolute atomic E-state index is 10.8. The summed E-state index contributed by atoms with van der Waals surface area (Å²) in [5.41, 5.74) is 0.648. The Balaban J connectivity index is 2.87. The maximum Gasteiger partial charge on any atom is 0.330 e. The van der Waals surface area contributed by atoms with Gasteiger partial charge in [-0.15, -0.1) is 0 Å². The van der Waals surface area contributed by atoms with Gasteiger partial charge in [0.2, 0.25) is 0 Å². The number of halogens is 1. The molecule has 1 rings (SSSR count). The van der Waals surface area contributed by atoms with Crippen LogP contribution in [0.5, 0.6) is 5.75 Å². The van der Waals surface area contributed by atoms with E-state index in [0.29, 0.717) is 10.6 Å². The topological polar surface area (TPSA) is 46.5 Å². The smallest absolute Gasteiger partial charge is 0.330 e. The summed E-state index contributed by atoms with van der Waals surface area (Å²) in [5, 5.41) is 9.44. The van der Waals surface area contributed by atoms with Gasteiger partial charge < -0.3 is 9.84 Å². The van der Waals surface area contributed by atoms with Gasteiger partial charge in [0.1, 0.15) is 5.75 Å². The molecule has 0 aliphatic rings. The third-order valence-electron chi connectivity index (χ3n) is 1.58. The number of aromatic hydroxyl groups is 1. The fourth-order valence-corrected chi connectivity index (χ4v) is 1.11. The zero-order valence-electron chi connectivity index (χ0n) is 7.53. The van der Waals surface area contributed by atoms with Crippen LogP contribution < -0.4 is 0 Å². The molecule has 74 valence electrons. The standard InChI is InChI=1S/C10H9ClO3/c1-14-10(13)5-3-7-2-4-8(12)6-9(7)11/h2-6,12H,1H3. The summed E-state index contributed by atoms with van der Waals surface area (Å²) in [6.07, 6.45) is 2.78. The number of hydrogen-bond acceptors (Lipinski definition) is 3. The number of ether oxygens (including phenoxy) is 1. The van der Waals surface area contributed by atoms with E-state index in [2.05, 4.69) is 4.74 Å².